The SMILES string of the molecule is CC(C)(CNC1CCS(=O)CC1)NS(C)(=O)=O. The van der Waals surface area contributed by atoms with Gasteiger partial charge < -0.3 is 5.32 Å². The monoisotopic (exact) mass is 282 g/mol. The second-order valence-electron chi connectivity index (χ2n) is 5.26. The second-order valence-corrected chi connectivity index (χ2v) is 8.71. The van der Waals surface area contributed by atoms with E-state index in [0.717, 1.165) is 24.3 Å². The molecule has 1 rings (SSSR count). The molecule has 102 valence electrons. The molecule has 0 aliphatic carbocycles. The van der Waals surface area contributed by atoms with Crippen LogP contribution in [0.5, 0.6) is 0 Å². The minimum Gasteiger partial charge on any atom is -0.312 e. The van der Waals surface area contributed by atoms with Crippen LogP contribution in [0.3, 0.4) is 0 Å². The Morgan fingerprint density at radius 3 is 2.29 bits per heavy atom. The average molecular weight is 282 g/mol. The summed E-state index contributed by atoms with van der Waals surface area (Å²) in [7, 11) is -3.84. The van der Waals surface area contributed by atoms with E-state index in [4.69, 9.17) is 0 Å². The number of rotatable bonds is 5. The number of hydrogen-bond acceptors (Lipinski definition) is 4. The Labute approximate surface area is 106 Å². The molecule has 0 atom stereocenters. The number of hydrogen-bond donors (Lipinski definition) is 2. The van der Waals surface area contributed by atoms with E-state index in [1.165, 1.54) is 6.26 Å². The zero-order valence-corrected chi connectivity index (χ0v) is 12.3. The topological polar surface area (TPSA) is 75.3 Å². The highest BCUT2D eigenvalue weighted by molar-refractivity contribution is 7.88. The van der Waals surface area contributed by atoms with Crippen molar-refractivity contribution in [2.75, 3.05) is 24.3 Å². The molecular weight excluding hydrogens is 260 g/mol. The molecule has 0 bridgehead atoms. The van der Waals surface area contributed by atoms with Crippen LogP contribution in [-0.4, -0.2) is 48.5 Å². The molecular formula is C10H22N2O3S2. The summed E-state index contributed by atoms with van der Waals surface area (Å²) in [6.45, 7) is 4.28. The first-order valence-electron chi connectivity index (χ1n) is 5.75. The molecule has 0 unspecified atom stereocenters. The maximum atomic E-state index is 11.2. The second kappa shape index (κ2) is 5.77. The van der Waals surface area contributed by atoms with E-state index in [0.29, 0.717) is 12.6 Å². The van der Waals surface area contributed by atoms with Crippen LogP contribution in [0.25, 0.3) is 0 Å². The molecule has 0 aromatic rings. The third-order valence-corrected chi connectivity index (χ3v) is 4.99. The Kier molecular flexibility index (Phi) is 5.12. The van der Waals surface area contributed by atoms with Crippen LogP contribution < -0.4 is 10.0 Å². The quantitative estimate of drug-likeness (QED) is 0.733. The van der Waals surface area contributed by atoms with Gasteiger partial charge in [-0.2, -0.15) is 0 Å². The third-order valence-electron chi connectivity index (χ3n) is 2.68. The first-order valence-corrected chi connectivity index (χ1v) is 9.13. The lowest BCUT2D eigenvalue weighted by atomic mass is 10.1. The van der Waals surface area contributed by atoms with Gasteiger partial charge in [-0.25, -0.2) is 13.1 Å². The van der Waals surface area contributed by atoms with Crippen molar-refractivity contribution >= 4 is 20.8 Å². The van der Waals surface area contributed by atoms with Crippen molar-refractivity contribution in [1.82, 2.24) is 10.0 Å². The standard InChI is InChI=1S/C10H22N2O3S2/c1-10(2,12-17(3,14)15)8-11-9-4-6-16(13)7-5-9/h9,11-12H,4-8H2,1-3H3. The smallest absolute Gasteiger partial charge is 0.209 e. The van der Waals surface area contributed by atoms with Gasteiger partial charge in [0, 0.05) is 40.4 Å². The molecule has 1 aliphatic heterocycles. The zero-order valence-electron chi connectivity index (χ0n) is 10.7. The van der Waals surface area contributed by atoms with Crippen LogP contribution in [0.4, 0.5) is 0 Å². The van der Waals surface area contributed by atoms with Crippen LogP contribution >= 0.6 is 0 Å². The fraction of sp³-hybridized carbons (Fsp3) is 1.00. The van der Waals surface area contributed by atoms with Crippen molar-refractivity contribution in [2.24, 2.45) is 0 Å². The fourth-order valence-electron chi connectivity index (χ4n) is 1.94. The highest BCUT2D eigenvalue weighted by atomic mass is 32.2. The van der Waals surface area contributed by atoms with Crippen LogP contribution in [0.15, 0.2) is 0 Å². The fourth-order valence-corrected chi connectivity index (χ4v) is 4.31. The maximum absolute atomic E-state index is 11.2. The lowest BCUT2D eigenvalue weighted by molar-refractivity contribution is 0.375. The van der Waals surface area contributed by atoms with E-state index in [9.17, 15) is 12.6 Å². The first kappa shape index (κ1) is 15.1. The molecule has 1 fully saturated rings. The number of nitrogens with one attached hydrogen (secondary N) is 2. The molecule has 0 aromatic carbocycles. The summed E-state index contributed by atoms with van der Waals surface area (Å²) in [6, 6.07) is 0.355. The lowest BCUT2D eigenvalue weighted by Gasteiger charge is -2.30. The summed E-state index contributed by atoms with van der Waals surface area (Å²) in [5, 5.41) is 3.34. The van der Waals surface area contributed by atoms with Gasteiger partial charge in [-0.15, -0.1) is 0 Å². The summed E-state index contributed by atoms with van der Waals surface area (Å²) in [5.41, 5.74) is -0.496. The normalized spacial score (nSPS) is 27.0. The number of sulfonamides is 1. The average Bonchev–Trinajstić information content (AvgIpc) is 2.13. The summed E-state index contributed by atoms with van der Waals surface area (Å²) in [4.78, 5) is 0. The molecule has 1 aliphatic rings. The van der Waals surface area contributed by atoms with Crippen molar-refractivity contribution in [3.05, 3.63) is 0 Å². The van der Waals surface area contributed by atoms with Crippen LogP contribution in [0.2, 0.25) is 0 Å². The van der Waals surface area contributed by atoms with Gasteiger partial charge in [0.05, 0.1) is 6.26 Å². The minimum atomic E-state index is -3.18. The molecule has 0 amide bonds. The zero-order chi connectivity index (χ0) is 13.1. The molecule has 0 spiro atoms. The van der Waals surface area contributed by atoms with Gasteiger partial charge in [-0.3, -0.25) is 4.21 Å². The van der Waals surface area contributed by atoms with Crippen LogP contribution in [0, 0.1) is 0 Å². The van der Waals surface area contributed by atoms with Gasteiger partial charge in [0.1, 0.15) is 0 Å². The predicted octanol–water partition coefficient (Wildman–Crippen LogP) is -0.185. The van der Waals surface area contributed by atoms with Crippen molar-refractivity contribution < 1.29 is 12.6 Å². The van der Waals surface area contributed by atoms with Crippen molar-refractivity contribution in [1.29, 1.82) is 0 Å². The Balaban J connectivity index is 2.36. The maximum Gasteiger partial charge on any atom is 0.209 e. The van der Waals surface area contributed by atoms with Crippen molar-refractivity contribution in [3.8, 4) is 0 Å². The molecule has 7 heteroatoms. The summed E-state index contributed by atoms with van der Waals surface area (Å²) in [6.07, 6.45) is 2.97. The first-order chi connectivity index (χ1) is 7.68. The van der Waals surface area contributed by atoms with E-state index in [2.05, 4.69) is 10.0 Å². The summed E-state index contributed by atoms with van der Waals surface area (Å²) >= 11 is 0. The van der Waals surface area contributed by atoms with E-state index in [1.807, 2.05) is 13.8 Å². The molecule has 2 N–H and O–H groups in total. The Morgan fingerprint density at radius 2 is 1.82 bits per heavy atom. The van der Waals surface area contributed by atoms with Crippen molar-refractivity contribution in [3.63, 3.8) is 0 Å². The van der Waals surface area contributed by atoms with Gasteiger partial charge in [-0.1, -0.05) is 0 Å². The minimum absolute atomic E-state index is 0.355. The molecule has 5 nitrogen and oxygen atoms in total. The Morgan fingerprint density at radius 1 is 1.29 bits per heavy atom. The van der Waals surface area contributed by atoms with Gasteiger partial charge in [0.2, 0.25) is 10.0 Å². The molecule has 17 heavy (non-hydrogen) atoms. The van der Waals surface area contributed by atoms with Crippen molar-refractivity contribution in [2.45, 2.75) is 38.3 Å². The van der Waals surface area contributed by atoms with E-state index in [1.54, 1.807) is 0 Å². The van der Waals surface area contributed by atoms with Gasteiger partial charge >= 0.3 is 0 Å². The van der Waals surface area contributed by atoms with Gasteiger partial charge in [0.25, 0.3) is 0 Å². The summed E-state index contributed by atoms with van der Waals surface area (Å²) in [5.74, 6) is 1.50. The van der Waals surface area contributed by atoms with E-state index < -0.39 is 26.4 Å². The van der Waals surface area contributed by atoms with Gasteiger partial charge in [-0.05, 0) is 26.7 Å². The van der Waals surface area contributed by atoms with Crippen LogP contribution in [0.1, 0.15) is 26.7 Å². The lowest BCUT2D eigenvalue weighted by Crippen LogP contribution is -2.52. The van der Waals surface area contributed by atoms with Gasteiger partial charge in [0.15, 0.2) is 0 Å². The highest BCUT2D eigenvalue weighted by Gasteiger charge is 2.24. The largest absolute Gasteiger partial charge is 0.312 e. The van der Waals surface area contributed by atoms with E-state index >= 15 is 0 Å². The molecule has 0 saturated carbocycles. The molecule has 1 heterocycles. The Bertz CT molecular complexity index is 369. The highest BCUT2D eigenvalue weighted by Crippen LogP contribution is 2.10. The van der Waals surface area contributed by atoms with E-state index in [-0.39, 0.29) is 0 Å². The molecule has 1 saturated heterocycles. The predicted molar refractivity (Wildman–Crippen MR) is 71.0 cm³/mol. The Hall–Kier alpha value is 0.0200. The molecule has 0 aromatic heterocycles. The third kappa shape index (κ3) is 6.49. The summed E-state index contributed by atoms with van der Waals surface area (Å²) < 4.78 is 36.1. The molecule has 0 radical (unpaired) electrons. The van der Waals surface area contributed by atoms with Crippen LogP contribution in [-0.2, 0) is 20.8 Å².